The van der Waals surface area contributed by atoms with Crippen molar-refractivity contribution >= 4 is 22.6 Å². The minimum absolute atomic E-state index is 0.0932. The molecule has 2 nitrogen and oxygen atoms in total. The first-order valence-electron chi connectivity index (χ1n) is 6.66. The third-order valence-corrected chi connectivity index (χ3v) is 3.71. The predicted molar refractivity (Wildman–Crippen MR) is 88.1 cm³/mol. The molecule has 0 amide bonds. The molecule has 0 bridgehead atoms. The van der Waals surface area contributed by atoms with Crippen molar-refractivity contribution in [1.82, 2.24) is 10.3 Å². The molecule has 0 aliphatic heterocycles. The van der Waals surface area contributed by atoms with Crippen molar-refractivity contribution in [3.63, 3.8) is 0 Å². The van der Waals surface area contributed by atoms with E-state index in [4.69, 9.17) is 0 Å². The van der Waals surface area contributed by atoms with E-state index in [-0.39, 0.29) is 11.9 Å². The average Bonchev–Trinajstić information content (AvgIpc) is 2.41. The van der Waals surface area contributed by atoms with Gasteiger partial charge in [0.2, 0.25) is 0 Å². The first kappa shape index (κ1) is 15.4. The number of benzene rings is 1. The van der Waals surface area contributed by atoms with Crippen LogP contribution in [0.1, 0.15) is 31.1 Å². The molecule has 1 unspecified atom stereocenters. The standard InChI is InChI=1S/C16H18FIN2/c1-11(2)20-16(15-8-5-13(17)10-19-15)9-12-3-6-14(18)7-4-12/h3-8,10-11,16,20H,9H2,1-2H3. The molecular formula is C16H18FIN2. The van der Waals surface area contributed by atoms with Crippen LogP contribution in [0.25, 0.3) is 0 Å². The van der Waals surface area contributed by atoms with Gasteiger partial charge < -0.3 is 5.32 Å². The number of pyridine rings is 1. The summed E-state index contributed by atoms with van der Waals surface area (Å²) in [6.07, 6.45) is 2.12. The molecule has 0 spiro atoms. The summed E-state index contributed by atoms with van der Waals surface area (Å²) >= 11 is 2.30. The van der Waals surface area contributed by atoms with Gasteiger partial charge in [0.25, 0.3) is 0 Å². The zero-order valence-electron chi connectivity index (χ0n) is 11.6. The quantitative estimate of drug-likeness (QED) is 0.785. The molecule has 0 saturated carbocycles. The van der Waals surface area contributed by atoms with Gasteiger partial charge in [0.1, 0.15) is 5.82 Å². The van der Waals surface area contributed by atoms with Crippen molar-refractivity contribution in [2.45, 2.75) is 32.4 Å². The second-order valence-electron chi connectivity index (χ2n) is 5.11. The molecule has 0 aliphatic rings. The lowest BCUT2D eigenvalue weighted by molar-refractivity contribution is 0.464. The summed E-state index contributed by atoms with van der Waals surface area (Å²) < 4.78 is 14.2. The molecule has 106 valence electrons. The Morgan fingerprint density at radius 2 is 1.85 bits per heavy atom. The Morgan fingerprint density at radius 3 is 2.40 bits per heavy atom. The van der Waals surface area contributed by atoms with E-state index < -0.39 is 0 Å². The van der Waals surface area contributed by atoms with Gasteiger partial charge in [-0.15, -0.1) is 0 Å². The van der Waals surface area contributed by atoms with Crippen LogP contribution in [0.2, 0.25) is 0 Å². The fourth-order valence-electron chi connectivity index (χ4n) is 2.10. The molecule has 1 aromatic carbocycles. The Hall–Kier alpha value is -1.01. The van der Waals surface area contributed by atoms with Crippen LogP contribution in [-0.4, -0.2) is 11.0 Å². The normalized spacial score (nSPS) is 12.7. The second-order valence-corrected chi connectivity index (χ2v) is 6.35. The van der Waals surface area contributed by atoms with Gasteiger partial charge in [0.15, 0.2) is 0 Å². The number of hydrogen-bond donors (Lipinski definition) is 1. The number of nitrogens with zero attached hydrogens (tertiary/aromatic N) is 1. The molecular weight excluding hydrogens is 366 g/mol. The van der Waals surface area contributed by atoms with E-state index in [1.807, 2.05) is 0 Å². The smallest absolute Gasteiger partial charge is 0.141 e. The van der Waals surface area contributed by atoms with Crippen LogP contribution in [0, 0.1) is 9.39 Å². The van der Waals surface area contributed by atoms with Crippen LogP contribution in [0.5, 0.6) is 0 Å². The lowest BCUT2D eigenvalue weighted by Crippen LogP contribution is -2.30. The predicted octanol–water partition coefficient (Wildman–Crippen LogP) is 4.11. The molecule has 0 aliphatic carbocycles. The van der Waals surface area contributed by atoms with Crippen molar-refractivity contribution in [2.24, 2.45) is 0 Å². The van der Waals surface area contributed by atoms with Crippen molar-refractivity contribution in [3.8, 4) is 0 Å². The minimum atomic E-state index is -0.300. The number of hydrogen-bond acceptors (Lipinski definition) is 2. The SMILES string of the molecule is CC(C)NC(Cc1ccc(I)cc1)c1ccc(F)cn1. The Labute approximate surface area is 133 Å². The van der Waals surface area contributed by atoms with Crippen LogP contribution < -0.4 is 5.32 Å². The zero-order valence-corrected chi connectivity index (χ0v) is 13.8. The van der Waals surface area contributed by atoms with Gasteiger partial charge in [-0.05, 0) is 58.8 Å². The highest BCUT2D eigenvalue weighted by Crippen LogP contribution is 2.18. The maximum Gasteiger partial charge on any atom is 0.141 e. The van der Waals surface area contributed by atoms with Gasteiger partial charge in [-0.3, -0.25) is 4.98 Å². The van der Waals surface area contributed by atoms with Crippen LogP contribution >= 0.6 is 22.6 Å². The summed E-state index contributed by atoms with van der Waals surface area (Å²) in [5, 5.41) is 3.49. The van der Waals surface area contributed by atoms with E-state index >= 15 is 0 Å². The monoisotopic (exact) mass is 384 g/mol. The summed E-state index contributed by atoms with van der Waals surface area (Å²) in [5.41, 5.74) is 2.12. The molecule has 2 aromatic rings. The highest BCUT2D eigenvalue weighted by molar-refractivity contribution is 14.1. The Morgan fingerprint density at radius 1 is 1.15 bits per heavy atom. The Balaban J connectivity index is 2.18. The maximum absolute atomic E-state index is 13.0. The van der Waals surface area contributed by atoms with Gasteiger partial charge in [-0.25, -0.2) is 4.39 Å². The van der Waals surface area contributed by atoms with Gasteiger partial charge in [0, 0.05) is 9.61 Å². The topological polar surface area (TPSA) is 24.9 Å². The van der Waals surface area contributed by atoms with Gasteiger partial charge in [0.05, 0.1) is 17.9 Å². The summed E-state index contributed by atoms with van der Waals surface area (Å²) in [6, 6.07) is 12.1. The molecule has 0 saturated heterocycles. The van der Waals surface area contributed by atoms with E-state index in [9.17, 15) is 4.39 Å². The third kappa shape index (κ3) is 4.52. The Bertz CT molecular complexity index is 537. The second kappa shape index (κ2) is 7.13. The molecule has 0 radical (unpaired) electrons. The van der Waals surface area contributed by atoms with Crippen LogP contribution in [0.15, 0.2) is 42.6 Å². The average molecular weight is 384 g/mol. The largest absolute Gasteiger partial charge is 0.306 e. The van der Waals surface area contributed by atoms with Crippen molar-refractivity contribution in [3.05, 3.63) is 63.2 Å². The highest BCUT2D eigenvalue weighted by atomic mass is 127. The van der Waals surface area contributed by atoms with Crippen molar-refractivity contribution in [1.29, 1.82) is 0 Å². The lowest BCUT2D eigenvalue weighted by atomic mass is 10.0. The van der Waals surface area contributed by atoms with Gasteiger partial charge in [-0.2, -0.15) is 0 Å². The number of nitrogens with one attached hydrogen (secondary N) is 1. The molecule has 2 rings (SSSR count). The molecule has 1 heterocycles. The molecule has 1 atom stereocenters. The number of halogens is 2. The van der Waals surface area contributed by atoms with E-state index in [2.05, 4.69) is 71.0 Å². The van der Waals surface area contributed by atoms with Crippen LogP contribution in [0.3, 0.4) is 0 Å². The summed E-state index contributed by atoms with van der Waals surface area (Å²) in [4.78, 5) is 4.21. The van der Waals surface area contributed by atoms with Crippen molar-refractivity contribution in [2.75, 3.05) is 0 Å². The van der Waals surface area contributed by atoms with Gasteiger partial charge >= 0.3 is 0 Å². The summed E-state index contributed by atoms with van der Waals surface area (Å²) in [6.45, 7) is 4.20. The van der Waals surface area contributed by atoms with E-state index in [0.29, 0.717) is 6.04 Å². The van der Waals surface area contributed by atoms with E-state index in [1.165, 1.54) is 21.4 Å². The van der Waals surface area contributed by atoms with Crippen LogP contribution in [0.4, 0.5) is 4.39 Å². The number of aromatic nitrogens is 1. The fourth-order valence-corrected chi connectivity index (χ4v) is 2.46. The minimum Gasteiger partial charge on any atom is -0.306 e. The van der Waals surface area contributed by atoms with Crippen molar-refractivity contribution < 1.29 is 4.39 Å². The summed E-state index contributed by atoms with van der Waals surface area (Å²) in [7, 11) is 0. The lowest BCUT2D eigenvalue weighted by Gasteiger charge is -2.21. The van der Waals surface area contributed by atoms with E-state index in [0.717, 1.165) is 12.1 Å². The zero-order chi connectivity index (χ0) is 14.5. The molecule has 4 heteroatoms. The Kier molecular flexibility index (Phi) is 5.48. The molecule has 1 aromatic heterocycles. The van der Waals surface area contributed by atoms with Gasteiger partial charge in [-0.1, -0.05) is 26.0 Å². The fraction of sp³-hybridized carbons (Fsp3) is 0.312. The maximum atomic E-state index is 13.0. The van der Waals surface area contributed by atoms with Crippen LogP contribution in [-0.2, 0) is 6.42 Å². The molecule has 0 fully saturated rings. The first-order valence-corrected chi connectivity index (χ1v) is 7.74. The third-order valence-electron chi connectivity index (χ3n) is 2.99. The van der Waals surface area contributed by atoms with E-state index in [1.54, 1.807) is 6.07 Å². The summed E-state index contributed by atoms with van der Waals surface area (Å²) in [5.74, 6) is -0.300. The highest BCUT2D eigenvalue weighted by Gasteiger charge is 2.14. The molecule has 1 N–H and O–H groups in total. The first-order chi connectivity index (χ1) is 9.54. The number of rotatable bonds is 5. The molecule has 20 heavy (non-hydrogen) atoms.